The van der Waals surface area contributed by atoms with Crippen LogP contribution >= 0.6 is 0 Å². The van der Waals surface area contributed by atoms with E-state index in [0.29, 0.717) is 23.7 Å². The number of aromatic nitrogens is 3. The molecule has 6 nitrogen and oxygen atoms in total. The third-order valence-electron chi connectivity index (χ3n) is 5.49. The molecule has 1 unspecified atom stereocenters. The minimum Gasteiger partial charge on any atom is -0.309 e. The molecular weight excluding hydrogens is 381 g/mol. The summed E-state index contributed by atoms with van der Waals surface area (Å²) < 4.78 is 15.3. The van der Waals surface area contributed by atoms with Crippen LogP contribution in [0.25, 0.3) is 11.0 Å². The summed E-state index contributed by atoms with van der Waals surface area (Å²) in [5.74, 6) is -0.443. The van der Waals surface area contributed by atoms with Gasteiger partial charge in [-0.05, 0) is 63.9 Å². The number of rotatable bonds is 8. The van der Waals surface area contributed by atoms with Crippen LogP contribution in [0.15, 0.2) is 35.4 Å². The highest BCUT2D eigenvalue weighted by Gasteiger charge is 2.12. The molecule has 0 aromatic carbocycles. The van der Waals surface area contributed by atoms with Gasteiger partial charge in [-0.15, -0.1) is 0 Å². The lowest BCUT2D eigenvalue weighted by Crippen LogP contribution is -2.34. The Kier molecular flexibility index (Phi) is 6.95. The SMILES string of the molecule is Cc1cnc(CNC(C)CCN(C)Cn2c(=O)cc(C)c3ncc(F)cc32)cc1C. The monoisotopic (exact) mass is 411 g/mol. The van der Waals surface area contributed by atoms with Crippen molar-refractivity contribution in [3.8, 4) is 0 Å². The third-order valence-corrected chi connectivity index (χ3v) is 5.49. The van der Waals surface area contributed by atoms with Gasteiger partial charge in [0.05, 0.1) is 29.6 Å². The van der Waals surface area contributed by atoms with Crippen LogP contribution < -0.4 is 10.9 Å². The van der Waals surface area contributed by atoms with E-state index in [4.69, 9.17) is 0 Å². The smallest absolute Gasteiger partial charge is 0.252 e. The molecule has 7 heteroatoms. The third kappa shape index (κ3) is 5.29. The number of nitrogens with zero attached hydrogens (tertiary/aromatic N) is 4. The number of halogens is 1. The van der Waals surface area contributed by atoms with Gasteiger partial charge in [-0.2, -0.15) is 0 Å². The van der Waals surface area contributed by atoms with Crippen LogP contribution in [0.2, 0.25) is 0 Å². The summed E-state index contributed by atoms with van der Waals surface area (Å²) in [7, 11) is 1.96. The van der Waals surface area contributed by atoms with E-state index in [1.54, 1.807) is 10.6 Å². The Morgan fingerprint density at radius 1 is 1.10 bits per heavy atom. The largest absolute Gasteiger partial charge is 0.309 e. The number of hydrogen-bond acceptors (Lipinski definition) is 5. The topological polar surface area (TPSA) is 63.1 Å². The summed E-state index contributed by atoms with van der Waals surface area (Å²) in [6.45, 7) is 10.0. The number of nitrogens with one attached hydrogen (secondary N) is 1. The summed E-state index contributed by atoms with van der Waals surface area (Å²) in [6.07, 6.45) is 4.00. The minimum atomic E-state index is -0.443. The van der Waals surface area contributed by atoms with Crippen LogP contribution in [0, 0.1) is 26.6 Å². The average Bonchev–Trinajstić information content (AvgIpc) is 2.70. The zero-order valence-corrected chi connectivity index (χ0v) is 18.4. The molecule has 0 saturated carbocycles. The maximum Gasteiger partial charge on any atom is 0.252 e. The molecule has 0 radical (unpaired) electrons. The Bertz CT molecular complexity index is 1090. The molecule has 0 fully saturated rings. The molecule has 1 N–H and O–H groups in total. The number of hydrogen-bond donors (Lipinski definition) is 1. The van der Waals surface area contributed by atoms with Crippen LogP contribution in [0.4, 0.5) is 4.39 Å². The molecule has 3 rings (SSSR count). The molecule has 0 aliphatic rings. The van der Waals surface area contributed by atoms with E-state index in [1.165, 1.54) is 23.4 Å². The van der Waals surface area contributed by atoms with Crippen LogP contribution in [0.1, 0.15) is 35.7 Å². The lowest BCUT2D eigenvalue weighted by Gasteiger charge is -2.22. The van der Waals surface area contributed by atoms with Gasteiger partial charge < -0.3 is 5.32 Å². The highest BCUT2D eigenvalue weighted by molar-refractivity contribution is 5.77. The van der Waals surface area contributed by atoms with E-state index >= 15 is 0 Å². The van der Waals surface area contributed by atoms with Gasteiger partial charge in [0.25, 0.3) is 5.56 Å². The number of fused-ring (bicyclic) bond motifs is 1. The van der Waals surface area contributed by atoms with Crippen molar-refractivity contribution < 1.29 is 4.39 Å². The second-order valence-corrected chi connectivity index (χ2v) is 8.17. The zero-order chi connectivity index (χ0) is 21.8. The van der Waals surface area contributed by atoms with Gasteiger partial charge in [-0.25, -0.2) is 4.39 Å². The first-order valence-electron chi connectivity index (χ1n) is 10.2. The molecular formula is C23H30FN5O. The Labute approximate surface area is 176 Å². The second kappa shape index (κ2) is 9.45. The first kappa shape index (κ1) is 22.1. The van der Waals surface area contributed by atoms with Crippen LogP contribution in [0.3, 0.4) is 0 Å². The standard InChI is InChI=1S/C23H30FN5O/c1-15-8-20(26-11-17(15)3)13-25-18(4)6-7-28(5)14-29-21-10-19(24)12-27-23(21)16(2)9-22(29)30/h8-12,18,25H,6-7,13-14H2,1-5H3. The molecule has 0 bridgehead atoms. The van der Waals surface area contributed by atoms with Crippen molar-refractivity contribution in [3.05, 3.63) is 69.1 Å². The van der Waals surface area contributed by atoms with Gasteiger partial charge in [-0.1, -0.05) is 0 Å². The Balaban J connectivity index is 1.59. The van der Waals surface area contributed by atoms with E-state index in [0.717, 1.165) is 30.8 Å². The number of pyridine rings is 3. The number of aryl methyl sites for hydroxylation is 3. The molecule has 3 aromatic heterocycles. The summed E-state index contributed by atoms with van der Waals surface area (Å²) in [6, 6.07) is 5.34. The van der Waals surface area contributed by atoms with Crippen molar-refractivity contribution in [2.75, 3.05) is 13.6 Å². The highest BCUT2D eigenvalue weighted by atomic mass is 19.1. The fraction of sp³-hybridized carbons (Fsp3) is 0.435. The van der Waals surface area contributed by atoms with Gasteiger partial charge in [0.1, 0.15) is 5.82 Å². The minimum absolute atomic E-state index is 0.147. The summed E-state index contributed by atoms with van der Waals surface area (Å²) in [5.41, 5.74) is 5.26. The van der Waals surface area contributed by atoms with Gasteiger partial charge >= 0.3 is 0 Å². The molecule has 3 heterocycles. The zero-order valence-electron chi connectivity index (χ0n) is 18.4. The molecule has 30 heavy (non-hydrogen) atoms. The predicted octanol–water partition coefficient (Wildman–Crippen LogP) is 3.31. The molecule has 0 aliphatic carbocycles. The van der Waals surface area contributed by atoms with Gasteiger partial charge in [0.15, 0.2) is 0 Å². The highest BCUT2D eigenvalue weighted by Crippen LogP contribution is 2.15. The fourth-order valence-electron chi connectivity index (χ4n) is 3.42. The van der Waals surface area contributed by atoms with E-state index in [-0.39, 0.29) is 5.56 Å². The lowest BCUT2D eigenvalue weighted by atomic mass is 10.1. The molecule has 1 atom stereocenters. The van der Waals surface area contributed by atoms with Crippen molar-refractivity contribution in [2.45, 2.75) is 53.4 Å². The van der Waals surface area contributed by atoms with Gasteiger partial charge in [0.2, 0.25) is 0 Å². The second-order valence-electron chi connectivity index (χ2n) is 8.17. The predicted molar refractivity (Wildman–Crippen MR) is 118 cm³/mol. The van der Waals surface area contributed by atoms with Crippen molar-refractivity contribution >= 4 is 11.0 Å². The Hall–Kier alpha value is -2.64. The Morgan fingerprint density at radius 3 is 2.60 bits per heavy atom. The summed E-state index contributed by atoms with van der Waals surface area (Å²) >= 11 is 0. The molecule has 3 aromatic rings. The Morgan fingerprint density at radius 2 is 1.87 bits per heavy atom. The van der Waals surface area contributed by atoms with E-state index in [9.17, 15) is 9.18 Å². The van der Waals surface area contributed by atoms with E-state index in [2.05, 4.69) is 47.0 Å². The molecule has 0 spiro atoms. The quantitative estimate of drug-likeness (QED) is 0.616. The molecule has 0 amide bonds. The van der Waals surface area contributed by atoms with Crippen LogP contribution in [-0.4, -0.2) is 39.1 Å². The normalized spacial score (nSPS) is 12.6. The average molecular weight is 412 g/mol. The van der Waals surface area contributed by atoms with E-state index in [1.807, 2.05) is 20.2 Å². The first-order valence-corrected chi connectivity index (χ1v) is 10.2. The maximum atomic E-state index is 13.7. The van der Waals surface area contributed by atoms with Crippen molar-refractivity contribution in [2.24, 2.45) is 0 Å². The van der Waals surface area contributed by atoms with Crippen molar-refractivity contribution in [1.82, 2.24) is 24.8 Å². The summed E-state index contributed by atoms with van der Waals surface area (Å²) in [4.78, 5) is 23.2. The van der Waals surface area contributed by atoms with E-state index < -0.39 is 5.82 Å². The fourth-order valence-corrected chi connectivity index (χ4v) is 3.42. The first-order chi connectivity index (χ1) is 14.2. The van der Waals surface area contributed by atoms with Crippen molar-refractivity contribution in [1.29, 1.82) is 0 Å². The van der Waals surface area contributed by atoms with Crippen LogP contribution in [0.5, 0.6) is 0 Å². The van der Waals surface area contributed by atoms with Gasteiger partial charge in [-0.3, -0.25) is 24.2 Å². The van der Waals surface area contributed by atoms with Crippen LogP contribution in [-0.2, 0) is 13.2 Å². The molecule has 0 aliphatic heterocycles. The van der Waals surface area contributed by atoms with Crippen molar-refractivity contribution in [3.63, 3.8) is 0 Å². The molecule has 160 valence electrons. The maximum absolute atomic E-state index is 13.7. The lowest BCUT2D eigenvalue weighted by molar-refractivity contribution is 0.254. The molecule has 0 saturated heterocycles. The van der Waals surface area contributed by atoms with Gasteiger partial charge in [0, 0.05) is 37.5 Å². The summed E-state index contributed by atoms with van der Waals surface area (Å²) in [5, 5.41) is 3.50.